The van der Waals surface area contributed by atoms with E-state index in [1.165, 1.54) is 22.8 Å². The van der Waals surface area contributed by atoms with Crippen LogP contribution in [0.15, 0.2) is 39.8 Å². The Morgan fingerprint density at radius 3 is 2.52 bits per heavy atom. The quantitative estimate of drug-likeness (QED) is 0.697. The molecule has 0 unspecified atom stereocenters. The summed E-state index contributed by atoms with van der Waals surface area (Å²) >= 11 is 2.23. The predicted octanol–water partition coefficient (Wildman–Crippen LogP) is 3.18. The van der Waals surface area contributed by atoms with Gasteiger partial charge in [-0.1, -0.05) is 41.2 Å². The van der Waals surface area contributed by atoms with Gasteiger partial charge in [-0.15, -0.1) is 11.3 Å². The van der Waals surface area contributed by atoms with Gasteiger partial charge in [0.25, 0.3) is 0 Å². The number of aromatic nitrogens is 2. The summed E-state index contributed by atoms with van der Waals surface area (Å²) in [6, 6.07) is 7.76. The first kappa shape index (κ1) is 17.2. The fourth-order valence-corrected chi connectivity index (χ4v) is 3.76. The second-order valence-corrected chi connectivity index (χ2v) is 7.16. The molecule has 0 aliphatic heterocycles. The molecule has 3 rings (SSSR count). The number of aryl methyl sites for hydroxylation is 1. The molecule has 0 aliphatic rings. The summed E-state index contributed by atoms with van der Waals surface area (Å²) in [5.41, 5.74) is 3.02. The molecule has 3 aromatic rings. The van der Waals surface area contributed by atoms with E-state index in [4.69, 9.17) is 0 Å². The minimum Gasteiger partial charge on any atom is -0.300 e. The number of nitrogens with one attached hydrogen (secondary N) is 1. The van der Waals surface area contributed by atoms with Crippen LogP contribution in [0.3, 0.4) is 0 Å². The first-order valence-corrected chi connectivity index (χ1v) is 9.21. The van der Waals surface area contributed by atoms with E-state index in [1.54, 1.807) is 10.8 Å². The van der Waals surface area contributed by atoms with Crippen LogP contribution in [0, 0.1) is 6.92 Å². The van der Waals surface area contributed by atoms with Crippen LogP contribution in [-0.2, 0) is 11.3 Å². The number of benzene rings is 1. The molecule has 0 radical (unpaired) electrons. The molecule has 1 N–H and O–H groups in total. The van der Waals surface area contributed by atoms with E-state index in [0.717, 1.165) is 22.5 Å². The Morgan fingerprint density at radius 2 is 1.88 bits per heavy atom. The van der Waals surface area contributed by atoms with Crippen LogP contribution < -0.4 is 10.2 Å². The molecule has 1 amide bonds. The Bertz CT molecular complexity index is 983. The molecule has 0 saturated heterocycles. The number of carbonyl (C=O) groups is 2. The highest BCUT2D eigenvalue weighted by molar-refractivity contribution is 7.14. The zero-order chi connectivity index (χ0) is 18.0. The zero-order valence-electron chi connectivity index (χ0n) is 13.6. The highest BCUT2D eigenvalue weighted by Gasteiger charge is 2.14. The minimum atomic E-state index is -0.363. The highest BCUT2D eigenvalue weighted by atomic mass is 32.1. The lowest BCUT2D eigenvalue weighted by molar-refractivity contribution is -0.116. The van der Waals surface area contributed by atoms with Crippen molar-refractivity contribution < 1.29 is 9.59 Å². The van der Waals surface area contributed by atoms with Crippen LogP contribution in [0.5, 0.6) is 0 Å². The van der Waals surface area contributed by atoms with E-state index >= 15 is 0 Å². The number of hydrogen-bond donors (Lipinski definition) is 1. The summed E-state index contributed by atoms with van der Waals surface area (Å²) in [5, 5.41) is 6.31. The van der Waals surface area contributed by atoms with E-state index in [1.807, 2.05) is 31.2 Å². The normalized spacial score (nSPS) is 10.6. The van der Waals surface area contributed by atoms with Crippen LogP contribution >= 0.6 is 22.7 Å². The number of amides is 1. The van der Waals surface area contributed by atoms with Gasteiger partial charge in [0.2, 0.25) is 5.91 Å². The van der Waals surface area contributed by atoms with Gasteiger partial charge in [0.05, 0.1) is 5.69 Å². The fraction of sp³-hybridized carbons (Fsp3) is 0.176. The van der Waals surface area contributed by atoms with Gasteiger partial charge < -0.3 is 5.32 Å². The molecule has 0 aliphatic carbocycles. The van der Waals surface area contributed by atoms with Gasteiger partial charge in [-0.2, -0.15) is 0 Å². The number of nitrogens with zero attached hydrogens (tertiary/aromatic N) is 2. The third-order valence-electron chi connectivity index (χ3n) is 3.54. The standard InChI is InChI=1S/C17H15N3O3S2/c1-10-3-5-12(6-4-10)14-9-25-17(23)20(14)7-15(22)19-16-18-13(8-24-16)11(2)21/h3-6,8-9H,7H2,1-2H3,(H,18,19,22). The Hall–Kier alpha value is -2.58. The lowest BCUT2D eigenvalue weighted by Gasteiger charge is -2.08. The van der Waals surface area contributed by atoms with Crippen LogP contribution in [0.2, 0.25) is 0 Å². The van der Waals surface area contributed by atoms with Crippen LogP contribution in [0.1, 0.15) is 23.0 Å². The number of anilines is 1. The number of ketones is 1. The van der Waals surface area contributed by atoms with Crippen LogP contribution in [-0.4, -0.2) is 21.2 Å². The summed E-state index contributed by atoms with van der Waals surface area (Å²) in [6.07, 6.45) is 0. The molecule has 0 saturated carbocycles. The van der Waals surface area contributed by atoms with Gasteiger partial charge in [-0.05, 0) is 12.5 Å². The molecule has 8 heteroatoms. The van der Waals surface area contributed by atoms with Crippen LogP contribution in [0.4, 0.5) is 5.13 Å². The smallest absolute Gasteiger partial charge is 0.300 e. The van der Waals surface area contributed by atoms with Crippen molar-refractivity contribution in [3.63, 3.8) is 0 Å². The third kappa shape index (κ3) is 3.92. The van der Waals surface area contributed by atoms with Gasteiger partial charge >= 0.3 is 4.87 Å². The van der Waals surface area contributed by atoms with E-state index in [0.29, 0.717) is 16.5 Å². The largest absolute Gasteiger partial charge is 0.308 e. The van der Waals surface area contributed by atoms with Crippen molar-refractivity contribution in [1.29, 1.82) is 0 Å². The summed E-state index contributed by atoms with van der Waals surface area (Å²) in [7, 11) is 0. The second kappa shape index (κ2) is 7.12. The maximum atomic E-state index is 12.3. The molecule has 2 aromatic heterocycles. The number of rotatable bonds is 5. The highest BCUT2D eigenvalue weighted by Crippen LogP contribution is 2.21. The minimum absolute atomic E-state index is 0.111. The van der Waals surface area contributed by atoms with E-state index in [9.17, 15) is 14.4 Å². The topological polar surface area (TPSA) is 81.1 Å². The van der Waals surface area contributed by atoms with Crippen LogP contribution in [0.25, 0.3) is 11.3 Å². The van der Waals surface area contributed by atoms with Crippen molar-refractivity contribution in [2.24, 2.45) is 0 Å². The second-order valence-electron chi connectivity index (χ2n) is 5.48. The van der Waals surface area contributed by atoms with Crippen molar-refractivity contribution in [1.82, 2.24) is 9.55 Å². The van der Waals surface area contributed by atoms with Crippen molar-refractivity contribution in [2.45, 2.75) is 20.4 Å². The van der Waals surface area contributed by atoms with E-state index < -0.39 is 0 Å². The average molecular weight is 373 g/mol. The summed E-state index contributed by atoms with van der Waals surface area (Å²) in [4.78, 5) is 39.5. The molecule has 6 nitrogen and oxygen atoms in total. The Balaban J connectivity index is 1.79. The molecule has 25 heavy (non-hydrogen) atoms. The van der Waals surface area contributed by atoms with E-state index in [2.05, 4.69) is 10.3 Å². The Labute approximate surface area is 151 Å². The summed E-state index contributed by atoms with van der Waals surface area (Å²) < 4.78 is 1.43. The van der Waals surface area contributed by atoms with Crippen molar-refractivity contribution in [3.8, 4) is 11.3 Å². The van der Waals surface area contributed by atoms with Gasteiger partial charge in [0.15, 0.2) is 10.9 Å². The molecule has 2 heterocycles. The molecule has 1 aromatic carbocycles. The lowest BCUT2D eigenvalue weighted by Crippen LogP contribution is -2.25. The van der Waals surface area contributed by atoms with Gasteiger partial charge in [0, 0.05) is 17.7 Å². The van der Waals surface area contributed by atoms with Crippen molar-refractivity contribution in [2.75, 3.05) is 5.32 Å². The first-order chi connectivity index (χ1) is 11.9. The molecule has 0 atom stereocenters. The van der Waals surface area contributed by atoms with Gasteiger partial charge in [0.1, 0.15) is 12.2 Å². The van der Waals surface area contributed by atoms with E-state index in [-0.39, 0.29) is 23.1 Å². The summed E-state index contributed by atoms with van der Waals surface area (Å²) in [5.74, 6) is -0.522. The monoisotopic (exact) mass is 373 g/mol. The number of thiazole rings is 2. The first-order valence-electron chi connectivity index (χ1n) is 7.45. The average Bonchev–Trinajstić information content (AvgIpc) is 3.16. The molecule has 0 bridgehead atoms. The lowest BCUT2D eigenvalue weighted by atomic mass is 10.1. The number of hydrogen-bond acceptors (Lipinski definition) is 6. The molecule has 0 spiro atoms. The molecule has 128 valence electrons. The van der Waals surface area contributed by atoms with Gasteiger partial charge in [-0.25, -0.2) is 4.98 Å². The zero-order valence-corrected chi connectivity index (χ0v) is 15.2. The maximum absolute atomic E-state index is 12.3. The summed E-state index contributed by atoms with van der Waals surface area (Å²) in [6.45, 7) is 3.29. The molecular weight excluding hydrogens is 358 g/mol. The van der Waals surface area contributed by atoms with Crippen molar-refractivity contribution in [3.05, 3.63) is 56.0 Å². The SMILES string of the molecule is CC(=O)c1csc(NC(=O)Cn2c(-c3ccc(C)cc3)csc2=O)n1. The molecule has 0 fully saturated rings. The maximum Gasteiger partial charge on any atom is 0.308 e. The Kier molecular flexibility index (Phi) is 4.91. The Morgan fingerprint density at radius 1 is 1.16 bits per heavy atom. The van der Waals surface area contributed by atoms with Crippen molar-refractivity contribution >= 4 is 39.5 Å². The van der Waals surface area contributed by atoms with Gasteiger partial charge in [-0.3, -0.25) is 19.0 Å². The number of carbonyl (C=O) groups excluding carboxylic acids is 2. The predicted molar refractivity (Wildman–Crippen MR) is 99.5 cm³/mol. The number of Topliss-reactive ketones (excluding diaryl/α,β-unsaturated/α-hetero) is 1. The molecular formula is C17H15N3O3S2. The third-order valence-corrected chi connectivity index (χ3v) is 5.06. The fourth-order valence-electron chi connectivity index (χ4n) is 2.22.